The SMILES string of the molecule is O=C([O-])C[C@@H](Cc1ccccc1)NC(=O)OCC1c2ccccc2-c2ccccc21. The molecule has 30 heavy (non-hydrogen) atoms. The number of carboxylic acid groups (broad SMARTS) is 1. The Balaban J connectivity index is 1.43. The van der Waals surface area contributed by atoms with E-state index in [4.69, 9.17) is 4.74 Å². The molecule has 5 nitrogen and oxygen atoms in total. The van der Waals surface area contributed by atoms with Gasteiger partial charge in [-0.15, -0.1) is 0 Å². The number of hydrogen-bond acceptors (Lipinski definition) is 4. The van der Waals surface area contributed by atoms with Crippen LogP contribution in [0.4, 0.5) is 4.79 Å². The molecule has 0 fully saturated rings. The number of aliphatic carboxylic acids is 1. The van der Waals surface area contributed by atoms with Crippen molar-refractivity contribution in [3.63, 3.8) is 0 Å². The van der Waals surface area contributed by atoms with Crippen LogP contribution in [0.25, 0.3) is 11.1 Å². The number of carbonyl (C=O) groups excluding carboxylic acids is 2. The van der Waals surface area contributed by atoms with Crippen LogP contribution in [-0.2, 0) is 16.0 Å². The summed E-state index contributed by atoms with van der Waals surface area (Å²) in [6.45, 7) is 0.184. The Labute approximate surface area is 175 Å². The molecule has 1 atom stereocenters. The third-order valence-corrected chi connectivity index (χ3v) is 5.40. The van der Waals surface area contributed by atoms with Gasteiger partial charge in [0.25, 0.3) is 0 Å². The lowest BCUT2D eigenvalue weighted by molar-refractivity contribution is -0.306. The van der Waals surface area contributed by atoms with Gasteiger partial charge in [-0.05, 0) is 34.2 Å². The van der Waals surface area contributed by atoms with Crippen molar-refractivity contribution in [2.24, 2.45) is 0 Å². The monoisotopic (exact) mass is 400 g/mol. The molecular formula is C25H22NO4-. The molecular weight excluding hydrogens is 378 g/mol. The number of hydrogen-bond donors (Lipinski definition) is 1. The minimum absolute atomic E-state index is 0.0446. The van der Waals surface area contributed by atoms with E-state index < -0.39 is 18.1 Å². The molecule has 5 heteroatoms. The van der Waals surface area contributed by atoms with Crippen LogP contribution in [0.2, 0.25) is 0 Å². The van der Waals surface area contributed by atoms with E-state index in [9.17, 15) is 14.7 Å². The normalized spacial score (nSPS) is 13.2. The minimum atomic E-state index is -1.21. The second-order valence-electron chi connectivity index (χ2n) is 7.43. The minimum Gasteiger partial charge on any atom is -0.550 e. The lowest BCUT2D eigenvalue weighted by Gasteiger charge is -2.20. The fraction of sp³-hybridized carbons (Fsp3) is 0.200. The first kappa shape index (κ1) is 19.7. The van der Waals surface area contributed by atoms with Crippen molar-refractivity contribution in [3.8, 4) is 11.1 Å². The summed E-state index contributed by atoms with van der Waals surface area (Å²) in [6.07, 6.45) is -0.517. The van der Waals surface area contributed by atoms with Gasteiger partial charge in [-0.3, -0.25) is 0 Å². The van der Waals surface area contributed by atoms with Crippen molar-refractivity contribution in [2.75, 3.05) is 6.61 Å². The molecule has 1 N–H and O–H groups in total. The van der Waals surface area contributed by atoms with Gasteiger partial charge in [0.05, 0.1) is 0 Å². The fourth-order valence-corrected chi connectivity index (χ4v) is 4.08. The van der Waals surface area contributed by atoms with Crippen LogP contribution < -0.4 is 10.4 Å². The van der Waals surface area contributed by atoms with Crippen molar-refractivity contribution in [3.05, 3.63) is 95.6 Å². The van der Waals surface area contributed by atoms with Crippen molar-refractivity contribution in [2.45, 2.75) is 24.8 Å². The van der Waals surface area contributed by atoms with Crippen molar-refractivity contribution in [1.82, 2.24) is 5.32 Å². The molecule has 0 unspecified atom stereocenters. The number of rotatable bonds is 7. The standard InChI is InChI=1S/C25H23NO4/c27-24(28)15-18(14-17-8-2-1-3-9-17)26-25(29)30-16-23-21-12-6-4-10-19(21)20-11-5-7-13-22(20)23/h1-13,18,23H,14-16H2,(H,26,29)(H,27,28)/p-1/t18-/m1/s1. The molecule has 152 valence electrons. The van der Waals surface area contributed by atoms with Crippen molar-refractivity contribution >= 4 is 12.1 Å². The highest BCUT2D eigenvalue weighted by Gasteiger charge is 2.29. The number of carboxylic acids is 1. The Kier molecular flexibility index (Phi) is 5.80. The van der Waals surface area contributed by atoms with E-state index in [1.807, 2.05) is 54.6 Å². The van der Waals surface area contributed by atoms with Crippen LogP contribution in [0, 0.1) is 0 Å². The molecule has 0 saturated heterocycles. The molecule has 1 aliphatic rings. The number of alkyl carbamates (subject to hydrolysis) is 1. The summed E-state index contributed by atoms with van der Waals surface area (Å²) >= 11 is 0. The first-order valence-corrected chi connectivity index (χ1v) is 9.97. The van der Waals surface area contributed by atoms with Gasteiger partial charge in [-0.1, -0.05) is 78.9 Å². The van der Waals surface area contributed by atoms with E-state index in [1.54, 1.807) is 0 Å². The molecule has 0 bridgehead atoms. The fourth-order valence-electron chi connectivity index (χ4n) is 4.08. The summed E-state index contributed by atoms with van der Waals surface area (Å²) in [5, 5.41) is 13.8. The average molecular weight is 400 g/mol. The lowest BCUT2D eigenvalue weighted by Crippen LogP contribution is -2.41. The third-order valence-electron chi connectivity index (χ3n) is 5.40. The number of nitrogens with one attached hydrogen (secondary N) is 1. The zero-order chi connectivity index (χ0) is 20.9. The maximum Gasteiger partial charge on any atom is 0.407 e. The van der Waals surface area contributed by atoms with Crippen molar-refractivity contribution < 1.29 is 19.4 Å². The van der Waals surface area contributed by atoms with Gasteiger partial charge in [0.1, 0.15) is 6.61 Å². The van der Waals surface area contributed by atoms with Crippen LogP contribution in [0.1, 0.15) is 29.0 Å². The predicted octanol–water partition coefficient (Wildman–Crippen LogP) is 3.28. The third kappa shape index (κ3) is 4.35. The Hall–Kier alpha value is -3.60. The van der Waals surface area contributed by atoms with E-state index in [0.717, 1.165) is 27.8 Å². The second-order valence-corrected chi connectivity index (χ2v) is 7.43. The Morgan fingerprint density at radius 3 is 2.03 bits per heavy atom. The molecule has 0 radical (unpaired) electrons. The highest BCUT2D eigenvalue weighted by atomic mass is 16.5. The van der Waals surface area contributed by atoms with Gasteiger partial charge in [0.2, 0.25) is 0 Å². The molecule has 1 amide bonds. The van der Waals surface area contributed by atoms with E-state index in [0.29, 0.717) is 6.42 Å². The Bertz CT molecular complexity index is 1000. The second kappa shape index (κ2) is 8.82. The van der Waals surface area contributed by atoms with Gasteiger partial charge >= 0.3 is 6.09 Å². The van der Waals surface area contributed by atoms with Crippen LogP contribution in [0.3, 0.4) is 0 Å². The van der Waals surface area contributed by atoms with E-state index in [-0.39, 0.29) is 18.9 Å². The topological polar surface area (TPSA) is 78.5 Å². The molecule has 0 aromatic heterocycles. The highest BCUT2D eigenvalue weighted by Crippen LogP contribution is 2.44. The quantitative estimate of drug-likeness (QED) is 0.660. The maximum atomic E-state index is 12.5. The van der Waals surface area contributed by atoms with Crippen LogP contribution in [-0.4, -0.2) is 24.7 Å². The van der Waals surface area contributed by atoms with Crippen molar-refractivity contribution in [1.29, 1.82) is 0 Å². The van der Waals surface area contributed by atoms with Crippen LogP contribution in [0.5, 0.6) is 0 Å². The molecule has 3 aromatic rings. The molecule has 4 rings (SSSR count). The van der Waals surface area contributed by atoms with Gasteiger partial charge < -0.3 is 20.0 Å². The zero-order valence-corrected chi connectivity index (χ0v) is 16.4. The molecule has 0 heterocycles. The number of amides is 1. The average Bonchev–Trinajstić information content (AvgIpc) is 3.06. The summed E-state index contributed by atoms with van der Waals surface area (Å²) in [7, 11) is 0. The van der Waals surface area contributed by atoms with Gasteiger partial charge in [-0.25, -0.2) is 4.79 Å². The Morgan fingerprint density at radius 2 is 1.43 bits per heavy atom. The number of carbonyl (C=O) groups is 2. The summed E-state index contributed by atoms with van der Waals surface area (Å²) in [5.74, 6) is -1.26. The molecule has 0 spiro atoms. The summed E-state index contributed by atoms with van der Waals surface area (Å²) < 4.78 is 5.53. The molecule has 0 saturated carbocycles. The first-order valence-electron chi connectivity index (χ1n) is 9.97. The summed E-state index contributed by atoms with van der Waals surface area (Å²) in [4.78, 5) is 23.6. The van der Waals surface area contributed by atoms with Gasteiger partial charge in [0.15, 0.2) is 0 Å². The first-order chi connectivity index (χ1) is 14.6. The maximum absolute atomic E-state index is 12.5. The van der Waals surface area contributed by atoms with Gasteiger partial charge in [-0.2, -0.15) is 0 Å². The molecule has 3 aromatic carbocycles. The zero-order valence-electron chi connectivity index (χ0n) is 16.4. The van der Waals surface area contributed by atoms with Gasteiger partial charge in [0, 0.05) is 24.3 Å². The Morgan fingerprint density at radius 1 is 0.867 bits per heavy atom. The summed E-state index contributed by atoms with van der Waals surface area (Å²) in [6, 6.07) is 25.0. The lowest BCUT2D eigenvalue weighted by atomic mass is 9.98. The molecule has 1 aliphatic carbocycles. The number of ether oxygens (including phenoxy) is 1. The smallest absolute Gasteiger partial charge is 0.407 e. The molecule has 0 aliphatic heterocycles. The summed E-state index contributed by atoms with van der Waals surface area (Å²) in [5.41, 5.74) is 5.49. The largest absolute Gasteiger partial charge is 0.550 e. The van der Waals surface area contributed by atoms with Crippen LogP contribution >= 0.6 is 0 Å². The predicted molar refractivity (Wildman–Crippen MR) is 112 cm³/mol. The number of benzene rings is 3. The van der Waals surface area contributed by atoms with E-state index in [1.165, 1.54) is 0 Å². The number of fused-ring (bicyclic) bond motifs is 3. The van der Waals surface area contributed by atoms with E-state index >= 15 is 0 Å². The van der Waals surface area contributed by atoms with Crippen LogP contribution in [0.15, 0.2) is 78.9 Å². The highest BCUT2D eigenvalue weighted by molar-refractivity contribution is 5.79. The van der Waals surface area contributed by atoms with E-state index in [2.05, 4.69) is 29.6 Å².